The van der Waals surface area contributed by atoms with Gasteiger partial charge < -0.3 is 15.0 Å². The molecule has 0 saturated heterocycles. The highest BCUT2D eigenvalue weighted by Gasteiger charge is 2.42. The molecule has 1 fully saturated rings. The molecule has 0 spiro atoms. The Labute approximate surface area is 93.9 Å². The number of anilines is 1. The molecular weight excluding hydrogens is 202 g/mol. The lowest BCUT2D eigenvalue weighted by Gasteiger charge is -2.14. The first-order valence-electron chi connectivity index (χ1n) is 5.55. The number of aliphatic hydroxyl groups excluding tert-OH is 1. The average Bonchev–Trinajstić information content (AvgIpc) is 3.02. The molecule has 0 bridgehead atoms. The molecule has 1 aliphatic carbocycles. The summed E-state index contributed by atoms with van der Waals surface area (Å²) in [6.07, 6.45) is 2.04. The summed E-state index contributed by atoms with van der Waals surface area (Å²) in [6, 6.07) is 8.04. The van der Waals surface area contributed by atoms with Crippen LogP contribution >= 0.6 is 0 Å². The van der Waals surface area contributed by atoms with Gasteiger partial charge in [-0.25, -0.2) is 4.98 Å². The van der Waals surface area contributed by atoms with E-state index in [-0.39, 0.29) is 12.1 Å². The molecule has 2 N–H and O–H groups in total. The molecule has 1 aromatic heterocycles. The lowest BCUT2D eigenvalue weighted by Crippen LogP contribution is -2.27. The molecular formula is C12H15N3O. The van der Waals surface area contributed by atoms with Gasteiger partial charge in [-0.3, -0.25) is 0 Å². The van der Waals surface area contributed by atoms with Crippen LogP contribution in [-0.4, -0.2) is 26.8 Å². The number of para-hydroxylation sites is 2. The lowest BCUT2D eigenvalue weighted by atomic mass is 10.3. The first kappa shape index (κ1) is 9.66. The Balaban J connectivity index is 2.01. The van der Waals surface area contributed by atoms with Crippen LogP contribution in [0.25, 0.3) is 11.0 Å². The number of aryl methyl sites for hydroxylation is 1. The summed E-state index contributed by atoms with van der Waals surface area (Å²) in [5.74, 6) is 0.841. The van der Waals surface area contributed by atoms with Gasteiger partial charge in [0.25, 0.3) is 0 Å². The van der Waals surface area contributed by atoms with Crippen molar-refractivity contribution in [2.75, 3.05) is 11.9 Å². The summed E-state index contributed by atoms with van der Waals surface area (Å²) in [5, 5.41) is 12.6. The number of hydrogen-bond donors (Lipinski definition) is 2. The van der Waals surface area contributed by atoms with E-state index in [0.29, 0.717) is 0 Å². The van der Waals surface area contributed by atoms with Crippen LogP contribution in [0.15, 0.2) is 24.3 Å². The van der Waals surface area contributed by atoms with Crippen LogP contribution in [0.1, 0.15) is 12.8 Å². The molecule has 1 aliphatic rings. The van der Waals surface area contributed by atoms with Gasteiger partial charge in [-0.15, -0.1) is 0 Å². The Bertz CT molecular complexity index is 528. The molecule has 1 heterocycles. The van der Waals surface area contributed by atoms with E-state index in [1.165, 1.54) is 0 Å². The molecule has 0 aliphatic heterocycles. The number of hydrogen-bond acceptors (Lipinski definition) is 3. The maximum atomic E-state index is 9.28. The Morgan fingerprint density at radius 1 is 1.44 bits per heavy atom. The lowest BCUT2D eigenvalue weighted by molar-refractivity contribution is 0.265. The second kappa shape index (κ2) is 3.22. The van der Waals surface area contributed by atoms with Crippen LogP contribution in [0.2, 0.25) is 0 Å². The largest absolute Gasteiger partial charge is 0.394 e. The smallest absolute Gasteiger partial charge is 0.204 e. The summed E-state index contributed by atoms with van der Waals surface area (Å²) < 4.78 is 2.03. The predicted octanol–water partition coefficient (Wildman–Crippen LogP) is 1.51. The highest BCUT2D eigenvalue weighted by atomic mass is 16.3. The van der Waals surface area contributed by atoms with Crippen molar-refractivity contribution in [2.45, 2.75) is 18.4 Å². The summed E-state index contributed by atoms with van der Waals surface area (Å²) in [6.45, 7) is 0.177. The van der Waals surface area contributed by atoms with Gasteiger partial charge in [0.1, 0.15) is 0 Å². The van der Waals surface area contributed by atoms with E-state index in [2.05, 4.69) is 10.3 Å². The number of fused-ring (bicyclic) bond motifs is 1. The number of rotatable bonds is 3. The molecule has 2 aromatic rings. The fourth-order valence-corrected chi connectivity index (χ4v) is 1.97. The van der Waals surface area contributed by atoms with Crippen molar-refractivity contribution in [3.63, 3.8) is 0 Å². The molecule has 4 heteroatoms. The molecule has 1 aromatic carbocycles. The van der Waals surface area contributed by atoms with Gasteiger partial charge in [0.05, 0.1) is 23.2 Å². The van der Waals surface area contributed by atoms with Crippen molar-refractivity contribution in [1.29, 1.82) is 0 Å². The third kappa shape index (κ3) is 1.38. The zero-order valence-corrected chi connectivity index (χ0v) is 9.27. The van der Waals surface area contributed by atoms with E-state index >= 15 is 0 Å². The first-order valence-corrected chi connectivity index (χ1v) is 5.55. The highest BCUT2D eigenvalue weighted by Crippen LogP contribution is 2.38. The van der Waals surface area contributed by atoms with Gasteiger partial charge in [-0.1, -0.05) is 12.1 Å². The zero-order valence-electron chi connectivity index (χ0n) is 9.27. The van der Waals surface area contributed by atoms with Crippen molar-refractivity contribution in [1.82, 2.24) is 9.55 Å². The zero-order chi connectivity index (χ0) is 11.2. The molecule has 0 unspecified atom stereocenters. The van der Waals surface area contributed by atoms with Crippen LogP contribution in [0, 0.1) is 0 Å². The topological polar surface area (TPSA) is 50.1 Å². The first-order chi connectivity index (χ1) is 7.74. The minimum absolute atomic E-state index is 0.116. The minimum atomic E-state index is -0.116. The van der Waals surface area contributed by atoms with Gasteiger partial charge in [0, 0.05) is 7.05 Å². The number of aromatic nitrogens is 2. The molecule has 1 saturated carbocycles. The van der Waals surface area contributed by atoms with Crippen molar-refractivity contribution in [2.24, 2.45) is 7.05 Å². The van der Waals surface area contributed by atoms with E-state index in [1.54, 1.807) is 0 Å². The SMILES string of the molecule is Cn1c(NC2(CO)CC2)nc2ccccc21. The molecule has 0 atom stereocenters. The standard InChI is InChI=1S/C12H15N3O/c1-15-10-5-3-2-4-9(10)13-11(15)14-12(8-16)6-7-12/h2-5,16H,6-8H2,1H3,(H,13,14). The van der Waals surface area contributed by atoms with Crippen molar-refractivity contribution in [3.05, 3.63) is 24.3 Å². The number of imidazole rings is 1. The van der Waals surface area contributed by atoms with E-state index in [0.717, 1.165) is 29.8 Å². The van der Waals surface area contributed by atoms with E-state index < -0.39 is 0 Å². The van der Waals surface area contributed by atoms with Gasteiger partial charge in [0.15, 0.2) is 0 Å². The molecule has 3 rings (SSSR count). The molecule has 0 amide bonds. The average molecular weight is 217 g/mol. The van der Waals surface area contributed by atoms with Crippen LogP contribution < -0.4 is 5.32 Å². The maximum absolute atomic E-state index is 9.28. The Morgan fingerprint density at radius 2 is 2.19 bits per heavy atom. The summed E-state index contributed by atoms with van der Waals surface area (Å²) >= 11 is 0. The van der Waals surface area contributed by atoms with Gasteiger partial charge >= 0.3 is 0 Å². The van der Waals surface area contributed by atoms with Gasteiger partial charge in [-0.2, -0.15) is 0 Å². The van der Waals surface area contributed by atoms with Crippen molar-refractivity contribution in [3.8, 4) is 0 Å². The second-order valence-electron chi connectivity index (χ2n) is 4.55. The Morgan fingerprint density at radius 3 is 2.81 bits per heavy atom. The predicted molar refractivity (Wildman–Crippen MR) is 63.4 cm³/mol. The number of aliphatic hydroxyl groups is 1. The molecule has 4 nitrogen and oxygen atoms in total. The number of nitrogens with zero attached hydrogens (tertiary/aromatic N) is 2. The van der Waals surface area contributed by atoms with E-state index in [1.807, 2.05) is 35.9 Å². The summed E-state index contributed by atoms with van der Waals surface area (Å²) in [5.41, 5.74) is 1.98. The van der Waals surface area contributed by atoms with Gasteiger partial charge in [0.2, 0.25) is 5.95 Å². The van der Waals surface area contributed by atoms with Gasteiger partial charge in [-0.05, 0) is 25.0 Å². The summed E-state index contributed by atoms with van der Waals surface area (Å²) in [7, 11) is 1.99. The van der Waals surface area contributed by atoms with Crippen LogP contribution in [-0.2, 0) is 7.05 Å². The van der Waals surface area contributed by atoms with Crippen molar-refractivity contribution < 1.29 is 5.11 Å². The van der Waals surface area contributed by atoms with E-state index in [9.17, 15) is 5.11 Å². The Kier molecular flexibility index (Phi) is 1.94. The quantitative estimate of drug-likeness (QED) is 0.819. The van der Waals surface area contributed by atoms with Crippen LogP contribution in [0.5, 0.6) is 0 Å². The van der Waals surface area contributed by atoms with Crippen molar-refractivity contribution >= 4 is 17.0 Å². The summed E-state index contributed by atoms with van der Waals surface area (Å²) in [4.78, 5) is 4.53. The molecule has 0 radical (unpaired) electrons. The number of nitrogens with one attached hydrogen (secondary N) is 1. The molecule has 84 valence electrons. The third-order valence-corrected chi connectivity index (χ3v) is 3.32. The number of benzene rings is 1. The normalized spacial score (nSPS) is 17.6. The third-order valence-electron chi connectivity index (χ3n) is 3.32. The van der Waals surface area contributed by atoms with E-state index in [4.69, 9.17) is 0 Å². The monoisotopic (exact) mass is 217 g/mol. The maximum Gasteiger partial charge on any atom is 0.204 e. The minimum Gasteiger partial charge on any atom is -0.394 e. The van der Waals surface area contributed by atoms with Crippen LogP contribution in [0.3, 0.4) is 0 Å². The van der Waals surface area contributed by atoms with Crippen LogP contribution in [0.4, 0.5) is 5.95 Å². The second-order valence-corrected chi connectivity index (χ2v) is 4.55. The molecule has 16 heavy (non-hydrogen) atoms. The highest BCUT2D eigenvalue weighted by molar-refractivity contribution is 5.78. The Hall–Kier alpha value is -1.55. The fraction of sp³-hybridized carbons (Fsp3) is 0.417. The fourth-order valence-electron chi connectivity index (χ4n) is 1.97.